The van der Waals surface area contributed by atoms with Crippen LogP contribution in [-0.2, 0) is 24.2 Å². The molecular formula is C28H31N3O. The highest BCUT2D eigenvalue weighted by molar-refractivity contribution is 5.79. The van der Waals surface area contributed by atoms with Crippen LogP contribution in [0.5, 0.6) is 0 Å². The third-order valence-corrected chi connectivity index (χ3v) is 5.87. The minimum atomic E-state index is 0.0882. The Kier molecular flexibility index (Phi) is 7.34. The van der Waals surface area contributed by atoms with E-state index in [0.717, 1.165) is 55.7 Å². The van der Waals surface area contributed by atoms with Gasteiger partial charge in [0.05, 0.1) is 17.5 Å². The van der Waals surface area contributed by atoms with Crippen molar-refractivity contribution in [1.29, 1.82) is 0 Å². The number of aryl methyl sites for hydroxylation is 2. The number of carbonyl (C=O) groups excluding carboxylic acids is 1. The van der Waals surface area contributed by atoms with Gasteiger partial charge in [0.15, 0.2) is 0 Å². The first kappa shape index (κ1) is 21.8. The molecule has 0 bridgehead atoms. The lowest BCUT2D eigenvalue weighted by molar-refractivity contribution is -0.120. The molecule has 3 aromatic carbocycles. The molecule has 1 N–H and O–H groups in total. The largest absolute Gasteiger partial charge is 0.356 e. The van der Waals surface area contributed by atoms with Gasteiger partial charge in [0.25, 0.3) is 0 Å². The molecule has 4 rings (SSSR count). The summed E-state index contributed by atoms with van der Waals surface area (Å²) in [5, 5.41) is 3.06. The van der Waals surface area contributed by atoms with Crippen LogP contribution in [0.15, 0.2) is 78.9 Å². The maximum absolute atomic E-state index is 12.3. The van der Waals surface area contributed by atoms with E-state index < -0.39 is 0 Å². The van der Waals surface area contributed by atoms with Gasteiger partial charge in [-0.1, -0.05) is 73.2 Å². The smallest absolute Gasteiger partial charge is 0.224 e. The van der Waals surface area contributed by atoms with Crippen LogP contribution in [-0.4, -0.2) is 22.0 Å². The minimum Gasteiger partial charge on any atom is -0.356 e. The van der Waals surface area contributed by atoms with Crippen LogP contribution in [0.3, 0.4) is 0 Å². The summed E-state index contributed by atoms with van der Waals surface area (Å²) in [6, 6.07) is 26.9. The predicted octanol–water partition coefficient (Wildman–Crippen LogP) is 5.79. The SMILES string of the molecule is CCn1c(CCCCCNC(=O)Cc2ccc(-c3ccccc3)cc2)nc2ccccc21. The number of hydrogen-bond donors (Lipinski definition) is 1. The standard InChI is InChI=1S/C28H31N3O/c1-2-31-26-14-9-8-13-25(26)30-27(31)15-7-4-10-20-29-28(32)21-22-16-18-24(19-17-22)23-11-5-3-6-12-23/h3,5-6,8-9,11-14,16-19H,2,4,7,10,15,20-21H2,1H3,(H,29,32). The van der Waals surface area contributed by atoms with Crippen LogP contribution in [0.4, 0.5) is 0 Å². The fraction of sp³-hybridized carbons (Fsp3) is 0.286. The summed E-state index contributed by atoms with van der Waals surface area (Å²) in [5.74, 6) is 1.25. The van der Waals surface area contributed by atoms with Crippen molar-refractivity contribution in [2.45, 2.75) is 45.6 Å². The van der Waals surface area contributed by atoms with Crippen LogP contribution in [0.1, 0.15) is 37.6 Å². The van der Waals surface area contributed by atoms with Gasteiger partial charge in [-0.05, 0) is 48.6 Å². The van der Waals surface area contributed by atoms with E-state index in [1.54, 1.807) is 0 Å². The van der Waals surface area contributed by atoms with Crippen LogP contribution in [0, 0.1) is 0 Å². The first-order valence-electron chi connectivity index (χ1n) is 11.6. The zero-order valence-electron chi connectivity index (χ0n) is 18.8. The molecule has 1 heterocycles. The molecule has 0 atom stereocenters. The molecule has 4 aromatic rings. The van der Waals surface area contributed by atoms with Crippen LogP contribution in [0.25, 0.3) is 22.2 Å². The van der Waals surface area contributed by atoms with Crippen molar-refractivity contribution in [3.63, 3.8) is 0 Å². The number of aromatic nitrogens is 2. The number of benzene rings is 3. The third kappa shape index (κ3) is 5.44. The highest BCUT2D eigenvalue weighted by Gasteiger charge is 2.08. The molecule has 0 aliphatic heterocycles. The summed E-state index contributed by atoms with van der Waals surface area (Å²) in [6.07, 6.45) is 4.56. The summed E-state index contributed by atoms with van der Waals surface area (Å²) in [6.45, 7) is 3.84. The monoisotopic (exact) mass is 425 g/mol. The van der Waals surface area contributed by atoms with E-state index in [9.17, 15) is 4.79 Å². The molecule has 1 amide bonds. The Bertz CT molecular complexity index is 1150. The summed E-state index contributed by atoms with van der Waals surface area (Å²) in [5.41, 5.74) is 5.70. The molecule has 1 aromatic heterocycles. The zero-order chi connectivity index (χ0) is 22.2. The maximum Gasteiger partial charge on any atom is 0.224 e. The lowest BCUT2D eigenvalue weighted by atomic mass is 10.0. The molecule has 0 aliphatic rings. The molecule has 32 heavy (non-hydrogen) atoms. The normalized spacial score (nSPS) is 11.0. The van der Waals surface area contributed by atoms with Crippen molar-refractivity contribution in [3.05, 3.63) is 90.3 Å². The lowest BCUT2D eigenvalue weighted by Crippen LogP contribution is -2.26. The first-order chi connectivity index (χ1) is 15.7. The molecule has 0 aliphatic carbocycles. The average Bonchev–Trinajstić information content (AvgIpc) is 3.19. The Morgan fingerprint density at radius 1 is 0.844 bits per heavy atom. The number of nitrogens with zero attached hydrogens (tertiary/aromatic N) is 2. The number of fused-ring (bicyclic) bond motifs is 1. The van der Waals surface area contributed by atoms with Gasteiger partial charge in [0.2, 0.25) is 5.91 Å². The van der Waals surface area contributed by atoms with Crippen molar-refractivity contribution in [1.82, 2.24) is 14.9 Å². The average molecular weight is 426 g/mol. The van der Waals surface area contributed by atoms with E-state index in [1.165, 1.54) is 16.6 Å². The highest BCUT2D eigenvalue weighted by Crippen LogP contribution is 2.20. The Labute approximate surface area is 190 Å². The van der Waals surface area contributed by atoms with Crippen LogP contribution < -0.4 is 5.32 Å². The Morgan fingerprint density at radius 2 is 1.56 bits per heavy atom. The Balaban J connectivity index is 1.17. The number of rotatable bonds is 10. The number of imidazole rings is 1. The van der Waals surface area contributed by atoms with E-state index in [0.29, 0.717) is 6.42 Å². The Morgan fingerprint density at radius 3 is 2.34 bits per heavy atom. The van der Waals surface area contributed by atoms with E-state index in [2.05, 4.69) is 59.3 Å². The molecule has 4 heteroatoms. The zero-order valence-corrected chi connectivity index (χ0v) is 18.8. The van der Waals surface area contributed by atoms with Crippen LogP contribution in [0.2, 0.25) is 0 Å². The second-order valence-electron chi connectivity index (χ2n) is 8.16. The number of hydrogen-bond acceptors (Lipinski definition) is 2. The molecule has 0 saturated carbocycles. The summed E-state index contributed by atoms with van der Waals surface area (Å²) in [4.78, 5) is 17.1. The van der Waals surface area contributed by atoms with E-state index in [1.807, 2.05) is 36.4 Å². The highest BCUT2D eigenvalue weighted by atomic mass is 16.1. The van der Waals surface area contributed by atoms with E-state index in [4.69, 9.17) is 4.98 Å². The van der Waals surface area contributed by atoms with Gasteiger partial charge in [-0.3, -0.25) is 4.79 Å². The maximum atomic E-state index is 12.3. The fourth-order valence-electron chi connectivity index (χ4n) is 4.18. The molecule has 0 fully saturated rings. The molecule has 0 saturated heterocycles. The van der Waals surface area contributed by atoms with Crippen molar-refractivity contribution in [2.75, 3.05) is 6.54 Å². The summed E-state index contributed by atoms with van der Waals surface area (Å²) < 4.78 is 2.31. The number of amides is 1. The van der Waals surface area contributed by atoms with Crippen molar-refractivity contribution < 1.29 is 4.79 Å². The lowest BCUT2D eigenvalue weighted by Gasteiger charge is -2.08. The van der Waals surface area contributed by atoms with Crippen molar-refractivity contribution in [3.8, 4) is 11.1 Å². The van der Waals surface area contributed by atoms with Gasteiger partial charge < -0.3 is 9.88 Å². The molecule has 0 radical (unpaired) electrons. The number of carbonyl (C=O) groups is 1. The number of unbranched alkanes of at least 4 members (excludes halogenated alkanes) is 2. The number of nitrogens with one attached hydrogen (secondary N) is 1. The molecule has 4 nitrogen and oxygen atoms in total. The fourth-order valence-corrected chi connectivity index (χ4v) is 4.18. The second-order valence-corrected chi connectivity index (χ2v) is 8.16. The topological polar surface area (TPSA) is 46.9 Å². The van der Waals surface area contributed by atoms with Crippen molar-refractivity contribution >= 4 is 16.9 Å². The van der Waals surface area contributed by atoms with Gasteiger partial charge >= 0.3 is 0 Å². The molecule has 0 unspecified atom stereocenters. The first-order valence-corrected chi connectivity index (χ1v) is 11.6. The second kappa shape index (κ2) is 10.8. The number of para-hydroxylation sites is 2. The van der Waals surface area contributed by atoms with Gasteiger partial charge in [-0.25, -0.2) is 4.98 Å². The molecule has 164 valence electrons. The van der Waals surface area contributed by atoms with Gasteiger partial charge in [-0.2, -0.15) is 0 Å². The minimum absolute atomic E-state index is 0.0882. The van der Waals surface area contributed by atoms with Crippen molar-refractivity contribution in [2.24, 2.45) is 0 Å². The summed E-state index contributed by atoms with van der Waals surface area (Å²) in [7, 11) is 0. The third-order valence-electron chi connectivity index (χ3n) is 5.87. The molecule has 0 spiro atoms. The van der Waals surface area contributed by atoms with E-state index >= 15 is 0 Å². The molecular weight excluding hydrogens is 394 g/mol. The van der Waals surface area contributed by atoms with Gasteiger partial charge in [0, 0.05) is 19.5 Å². The van der Waals surface area contributed by atoms with Gasteiger partial charge in [0.1, 0.15) is 5.82 Å². The quantitative estimate of drug-likeness (QED) is 0.327. The van der Waals surface area contributed by atoms with E-state index in [-0.39, 0.29) is 5.91 Å². The predicted molar refractivity (Wildman–Crippen MR) is 132 cm³/mol. The van der Waals surface area contributed by atoms with Crippen LogP contribution >= 0.6 is 0 Å². The summed E-state index contributed by atoms with van der Waals surface area (Å²) >= 11 is 0. The Hall–Kier alpha value is -3.40. The van der Waals surface area contributed by atoms with Gasteiger partial charge in [-0.15, -0.1) is 0 Å².